The van der Waals surface area contributed by atoms with Gasteiger partial charge in [0, 0.05) is 17.4 Å². The van der Waals surface area contributed by atoms with Crippen molar-refractivity contribution in [1.29, 1.82) is 0 Å². The summed E-state index contributed by atoms with van der Waals surface area (Å²) in [5.74, 6) is 1.63. The third kappa shape index (κ3) is 1.95. The van der Waals surface area contributed by atoms with Crippen LogP contribution in [0.25, 0.3) is 0 Å². The van der Waals surface area contributed by atoms with Gasteiger partial charge in [-0.15, -0.1) is 0 Å². The fraction of sp³-hybridized carbons (Fsp3) is 0.500. The zero-order valence-corrected chi connectivity index (χ0v) is 10.6. The van der Waals surface area contributed by atoms with Crippen molar-refractivity contribution in [3.8, 4) is 5.75 Å². The second-order valence-electron chi connectivity index (χ2n) is 5.03. The molecule has 2 nitrogen and oxygen atoms in total. The molecule has 1 atom stereocenters. The van der Waals surface area contributed by atoms with Gasteiger partial charge >= 0.3 is 0 Å². The van der Waals surface area contributed by atoms with E-state index in [1.807, 2.05) is 13.0 Å². The summed E-state index contributed by atoms with van der Waals surface area (Å²) in [5.41, 5.74) is 1.76. The number of benzene rings is 1. The van der Waals surface area contributed by atoms with Gasteiger partial charge in [0.2, 0.25) is 0 Å². The average Bonchev–Trinajstić information content (AvgIpc) is 3.05. The predicted octanol–water partition coefficient (Wildman–Crippen LogP) is 3.50. The molecule has 0 N–H and O–H groups in total. The highest BCUT2D eigenvalue weighted by Gasteiger charge is 2.35. The molecule has 0 amide bonds. The number of hydrogen-bond acceptors (Lipinski definition) is 2. The molecule has 0 spiro atoms. The van der Waals surface area contributed by atoms with Gasteiger partial charge in [-0.05, 0) is 36.5 Å². The van der Waals surface area contributed by atoms with Crippen LogP contribution < -0.4 is 4.74 Å². The molecule has 1 fully saturated rings. The first kappa shape index (κ1) is 11.1. The van der Waals surface area contributed by atoms with Crippen LogP contribution in [0.2, 0.25) is 5.02 Å². The molecule has 1 aromatic carbocycles. The number of hydrogen-bond donors (Lipinski definition) is 0. The topological polar surface area (TPSA) is 26.3 Å². The van der Waals surface area contributed by atoms with Gasteiger partial charge in [0.1, 0.15) is 5.75 Å². The SMILES string of the molecule is CC(C(=O)c1cc(Cl)cc2c1OCC2)C1CC1. The molecule has 1 heterocycles. The van der Waals surface area contributed by atoms with E-state index in [9.17, 15) is 4.79 Å². The molecular weight excluding hydrogens is 236 g/mol. The van der Waals surface area contributed by atoms with E-state index in [0.29, 0.717) is 23.1 Å². The Bertz CT molecular complexity index is 477. The Morgan fingerprint density at radius 2 is 2.24 bits per heavy atom. The quantitative estimate of drug-likeness (QED) is 0.768. The lowest BCUT2D eigenvalue weighted by molar-refractivity contribution is 0.0913. The van der Waals surface area contributed by atoms with E-state index in [-0.39, 0.29) is 11.7 Å². The summed E-state index contributed by atoms with van der Waals surface area (Å²) < 4.78 is 5.58. The third-order valence-corrected chi connectivity index (χ3v) is 3.97. The smallest absolute Gasteiger partial charge is 0.169 e. The standard InChI is InChI=1S/C14H15ClO2/c1-8(9-2-3-9)13(16)12-7-11(15)6-10-4-5-17-14(10)12/h6-9H,2-5H2,1H3. The largest absolute Gasteiger partial charge is 0.492 e. The van der Waals surface area contributed by atoms with Crippen LogP contribution in [-0.4, -0.2) is 12.4 Å². The van der Waals surface area contributed by atoms with E-state index >= 15 is 0 Å². The molecule has 17 heavy (non-hydrogen) atoms. The molecule has 0 bridgehead atoms. The molecule has 1 aliphatic heterocycles. The van der Waals surface area contributed by atoms with Crippen molar-refractivity contribution in [2.24, 2.45) is 11.8 Å². The summed E-state index contributed by atoms with van der Waals surface area (Å²) >= 11 is 6.06. The Morgan fingerprint density at radius 3 is 2.94 bits per heavy atom. The average molecular weight is 251 g/mol. The van der Waals surface area contributed by atoms with Crippen molar-refractivity contribution in [3.63, 3.8) is 0 Å². The van der Waals surface area contributed by atoms with E-state index in [4.69, 9.17) is 16.3 Å². The molecule has 0 aromatic heterocycles. The van der Waals surface area contributed by atoms with E-state index < -0.39 is 0 Å². The van der Waals surface area contributed by atoms with Gasteiger partial charge in [0.05, 0.1) is 12.2 Å². The minimum absolute atomic E-state index is 0.0989. The lowest BCUT2D eigenvalue weighted by Crippen LogP contribution is -2.14. The van der Waals surface area contributed by atoms with Crippen molar-refractivity contribution in [2.45, 2.75) is 26.2 Å². The first-order valence-electron chi connectivity index (χ1n) is 6.16. The molecule has 0 radical (unpaired) electrons. The summed E-state index contributed by atoms with van der Waals surface area (Å²) in [4.78, 5) is 12.4. The van der Waals surface area contributed by atoms with Crippen LogP contribution in [0.5, 0.6) is 5.75 Å². The zero-order valence-electron chi connectivity index (χ0n) is 9.83. The highest BCUT2D eigenvalue weighted by molar-refractivity contribution is 6.31. The summed E-state index contributed by atoms with van der Waals surface area (Å²) in [7, 11) is 0. The summed E-state index contributed by atoms with van der Waals surface area (Å²) in [5, 5.41) is 0.639. The number of carbonyl (C=O) groups is 1. The second kappa shape index (κ2) is 4.02. The van der Waals surface area contributed by atoms with Gasteiger partial charge in [0.25, 0.3) is 0 Å². The fourth-order valence-corrected chi connectivity index (χ4v) is 2.75. The Kier molecular flexibility index (Phi) is 2.62. The molecule has 2 aliphatic rings. The lowest BCUT2D eigenvalue weighted by Gasteiger charge is -2.12. The number of fused-ring (bicyclic) bond motifs is 1. The summed E-state index contributed by atoms with van der Waals surface area (Å²) in [6.45, 7) is 2.68. The van der Waals surface area contributed by atoms with Crippen molar-refractivity contribution in [2.75, 3.05) is 6.61 Å². The third-order valence-electron chi connectivity index (χ3n) is 3.76. The minimum atomic E-state index is 0.0989. The van der Waals surface area contributed by atoms with Crippen LogP contribution >= 0.6 is 11.6 Å². The molecular formula is C14H15ClO2. The molecule has 0 saturated heterocycles. The fourth-order valence-electron chi connectivity index (χ4n) is 2.51. The minimum Gasteiger partial charge on any atom is -0.492 e. The van der Waals surface area contributed by atoms with E-state index in [2.05, 4.69) is 0 Å². The van der Waals surface area contributed by atoms with Gasteiger partial charge in [-0.25, -0.2) is 0 Å². The van der Waals surface area contributed by atoms with Crippen LogP contribution in [0.15, 0.2) is 12.1 Å². The monoisotopic (exact) mass is 250 g/mol. The number of rotatable bonds is 3. The maximum absolute atomic E-state index is 12.4. The summed E-state index contributed by atoms with van der Waals surface area (Å²) in [6, 6.07) is 3.66. The Balaban J connectivity index is 1.99. The lowest BCUT2D eigenvalue weighted by atomic mass is 9.93. The maximum Gasteiger partial charge on any atom is 0.169 e. The Labute approximate surface area is 106 Å². The van der Waals surface area contributed by atoms with Crippen LogP contribution in [0.1, 0.15) is 35.7 Å². The Hall–Kier alpha value is -1.02. The number of ether oxygens (including phenoxy) is 1. The first-order chi connectivity index (χ1) is 8.16. The second-order valence-corrected chi connectivity index (χ2v) is 5.47. The highest BCUT2D eigenvalue weighted by Crippen LogP contribution is 2.41. The van der Waals surface area contributed by atoms with Crippen molar-refractivity contribution in [1.82, 2.24) is 0 Å². The van der Waals surface area contributed by atoms with Gasteiger partial charge < -0.3 is 4.74 Å². The van der Waals surface area contributed by atoms with Gasteiger partial charge in [-0.2, -0.15) is 0 Å². The van der Waals surface area contributed by atoms with Crippen molar-refractivity contribution >= 4 is 17.4 Å². The van der Waals surface area contributed by atoms with E-state index in [1.165, 1.54) is 12.8 Å². The van der Waals surface area contributed by atoms with Crippen LogP contribution in [0.3, 0.4) is 0 Å². The van der Waals surface area contributed by atoms with Gasteiger partial charge in [-0.1, -0.05) is 18.5 Å². The number of Topliss-reactive ketones (excluding diaryl/α,β-unsaturated/α-hetero) is 1. The zero-order chi connectivity index (χ0) is 12.0. The van der Waals surface area contributed by atoms with Gasteiger partial charge in [-0.3, -0.25) is 4.79 Å². The number of ketones is 1. The normalized spacial score (nSPS) is 19.6. The van der Waals surface area contributed by atoms with Crippen molar-refractivity contribution in [3.05, 3.63) is 28.3 Å². The predicted molar refractivity (Wildman–Crippen MR) is 66.9 cm³/mol. The van der Waals surface area contributed by atoms with E-state index in [0.717, 1.165) is 17.7 Å². The summed E-state index contributed by atoms with van der Waals surface area (Å²) in [6.07, 6.45) is 3.21. The molecule has 3 heteroatoms. The highest BCUT2D eigenvalue weighted by atomic mass is 35.5. The van der Waals surface area contributed by atoms with Gasteiger partial charge in [0.15, 0.2) is 5.78 Å². The Morgan fingerprint density at radius 1 is 1.47 bits per heavy atom. The van der Waals surface area contributed by atoms with E-state index in [1.54, 1.807) is 6.07 Å². The number of halogens is 1. The maximum atomic E-state index is 12.4. The van der Waals surface area contributed by atoms with Crippen molar-refractivity contribution < 1.29 is 9.53 Å². The van der Waals surface area contributed by atoms with Crippen LogP contribution in [-0.2, 0) is 6.42 Å². The van der Waals surface area contributed by atoms with Crippen LogP contribution in [0.4, 0.5) is 0 Å². The molecule has 1 saturated carbocycles. The molecule has 1 aliphatic carbocycles. The number of carbonyl (C=O) groups excluding carboxylic acids is 1. The molecule has 1 unspecified atom stereocenters. The first-order valence-corrected chi connectivity index (χ1v) is 6.54. The molecule has 3 rings (SSSR count). The molecule has 1 aromatic rings. The van der Waals surface area contributed by atoms with Crippen LogP contribution in [0, 0.1) is 11.8 Å². The molecule has 90 valence electrons.